The molecule has 6 aromatic heterocycles. The predicted molar refractivity (Wildman–Crippen MR) is 468 cm³/mol. The summed E-state index contributed by atoms with van der Waals surface area (Å²) in [6, 6.07) is 44.5. The van der Waals surface area contributed by atoms with Gasteiger partial charge in [-0.2, -0.15) is 18.6 Å². The molecule has 2 amide bonds. The van der Waals surface area contributed by atoms with Gasteiger partial charge in [0.25, 0.3) is 0 Å². The van der Waals surface area contributed by atoms with Crippen LogP contribution in [-0.4, -0.2) is 160 Å². The number of imidazole rings is 3. The number of alkyl halides is 9. The van der Waals surface area contributed by atoms with Crippen LogP contribution in [0, 0.1) is 0 Å². The van der Waals surface area contributed by atoms with E-state index in [0.29, 0.717) is 75.8 Å². The number of nitrogens with zero attached hydrogens (tertiary/aromatic N) is 10. The number of aliphatic hydroxyl groups excluding tert-OH is 2. The number of fused-ring (bicyclic) bond motifs is 3. The minimum absolute atomic E-state index is 0. The van der Waals surface area contributed by atoms with Gasteiger partial charge >= 0.3 is 31.3 Å². The van der Waals surface area contributed by atoms with E-state index in [2.05, 4.69) is 128 Å². The van der Waals surface area contributed by atoms with Gasteiger partial charge in [-0.05, 0) is 181 Å². The molecule has 2 saturated carbocycles. The first-order chi connectivity index (χ1) is 57.4. The van der Waals surface area contributed by atoms with E-state index in [1.54, 1.807) is 101 Å². The number of anilines is 2. The number of alkyl carbamates (subject to hydrolysis) is 2. The Morgan fingerprint density at radius 3 is 1.33 bits per heavy atom. The van der Waals surface area contributed by atoms with E-state index in [4.69, 9.17) is 30.9 Å². The Morgan fingerprint density at radius 1 is 0.504 bits per heavy atom. The van der Waals surface area contributed by atoms with Crippen molar-refractivity contribution in [3.8, 4) is 68.0 Å². The van der Waals surface area contributed by atoms with Crippen LogP contribution in [0.3, 0.4) is 0 Å². The Kier molecular flexibility index (Phi) is 37.2. The van der Waals surface area contributed by atoms with Crippen molar-refractivity contribution in [3.63, 3.8) is 0 Å². The SMILES string of the molecule is C.CC[C@@H](CO)NC(=O)OC(C)(C)C.CC[C@@H](CO)Nc1ccc2ncc(-c3cccc(OC(F)(F)F)c3)n2n1.CC[C@@H](COc1ccc2ncc(-c3cccc(OC(F)(F)F)c3)n2n1)NC(=O)OC(C)(C)C.CN(C)c1ccccc1-c1ccccc1P(C1CCCCC1)C1CCCCC1.FC(F)(F)Oc1cccc(-c2cnc3ccc(Cl)nn23)c1.S. The molecule has 0 radical (unpaired) electrons. The molecule has 6 heterocycles. The van der Waals surface area contributed by atoms with Crippen LogP contribution in [-0.2, 0) is 9.47 Å². The van der Waals surface area contributed by atoms with Crippen LogP contribution in [0.1, 0.15) is 153 Å². The number of amides is 2. The molecule has 0 bridgehead atoms. The van der Waals surface area contributed by atoms with Crippen molar-refractivity contribution in [3.05, 3.63) is 181 Å². The van der Waals surface area contributed by atoms with Gasteiger partial charge in [-0.1, -0.05) is 165 Å². The molecular weight excluding hydrogens is 1670 g/mol. The van der Waals surface area contributed by atoms with Crippen LogP contribution < -0.4 is 45.1 Å². The molecule has 2 aliphatic carbocycles. The summed E-state index contributed by atoms with van der Waals surface area (Å²) in [6.07, 6.45) is 5.80. The third kappa shape index (κ3) is 31.1. The highest BCUT2D eigenvalue weighted by Gasteiger charge is 2.36. The molecule has 13 rings (SSSR count). The predicted octanol–water partition coefficient (Wildman–Crippen LogP) is 21.6. The molecule has 5 aromatic carbocycles. The third-order valence-electron chi connectivity index (χ3n) is 19.1. The molecule has 23 nitrogen and oxygen atoms in total. The van der Waals surface area contributed by atoms with Crippen LogP contribution in [0.25, 0.3) is 61.8 Å². The van der Waals surface area contributed by atoms with Crippen molar-refractivity contribution in [2.75, 3.05) is 44.1 Å². The zero-order chi connectivity index (χ0) is 87.8. The van der Waals surface area contributed by atoms with E-state index in [0.717, 1.165) is 11.3 Å². The maximum absolute atomic E-state index is 12.6. The van der Waals surface area contributed by atoms with Crippen molar-refractivity contribution in [2.24, 2.45) is 0 Å². The molecule has 0 unspecified atom stereocenters. The van der Waals surface area contributed by atoms with Crippen LogP contribution in [0.2, 0.25) is 5.15 Å². The van der Waals surface area contributed by atoms with Crippen molar-refractivity contribution < 1.29 is 87.7 Å². The van der Waals surface area contributed by atoms with Crippen LogP contribution in [0.5, 0.6) is 23.1 Å². The van der Waals surface area contributed by atoms with Crippen molar-refractivity contribution in [1.29, 1.82) is 0 Å². The lowest BCUT2D eigenvalue weighted by Gasteiger charge is -2.39. The average molecular weight is 1780 g/mol. The van der Waals surface area contributed by atoms with Crippen molar-refractivity contribution in [2.45, 2.75) is 213 Å². The second kappa shape index (κ2) is 45.9. The number of carbonyl (C=O) groups is 2. The van der Waals surface area contributed by atoms with E-state index in [9.17, 15) is 54.2 Å². The summed E-state index contributed by atoms with van der Waals surface area (Å²) in [6.45, 7) is 16.5. The molecule has 0 aliphatic heterocycles. The summed E-state index contributed by atoms with van der Waals surface area (Å²) in [4.78, 5) is 38.0. The molecule has 5 N–H and O–H groups in total. The van der Waals surface area contributed by atoms with Crippen LogP contribution in [0.15, 0.2) is 176 Å². The van der Waals surface area contributed by atoms with Gasteiger partial charge in [-0.25, -0.2) is 38.1 Å². The quantitative estimate of drug-likeness (QED) is 0.0294. The molecule has 0 saturated heterocycles. The standard InChI is InChI=1S/C26H36NP.C22H25F3N4O4.C17H17F3N4O2.C13H7ClF3N3O.C9H19NO3.CH4.H2S/c1-27(2)25-19-11-9-17-23(25)24-18-10-12-20-26(24)28(21-13-5-3-6-14-21)22-15-7-4-8-16-22;1-5-15(27-20(30)33-21(2,3)4)13-31-19-10-9-18-26-12-17(29(18)28-19)14-7-6-8-16(11-14)32-22(23,24)25;1-2-12(10-25)22-15-6-7-16-21-9-14(24(16)23-15)11-4-3-5-13(8-11)26-17(18,19)20;14-11-4-5-12-18-7-10(20(12)19-11)8-2-1-3-9(6-8)21-13(15,16)17;1-5-7(6-11)10-8(12)13-9(2,3)4;;/h9-12,17-22H,3-8,13-16H2,1-2H3;6-12,15H,5,13H2,1-4H3,(H,27,30);3-9,12,25H,2,10H2,1H3,(H,22,23);1-7H;7,11H,5-6H2,1-4H3,(H,10,12);1H4;1H2/t;15-;12-;;7-;;/m.00.0../s1. The van der Waals surface area contributed by atoms with Gasteiger partial charge in [0, 0.05) is 48.1 Å². The van der Waals surface area contributed by atoms with E-state index in [-0.39, 0.29) is 95.1 Å². The van der Waals surface area contributed by atoms with Gasteiger partial charge in [0.15, 0.2) is 16.9 Å². The first-order valence-electron chi connectivity index (χ1n) is 39.9. The second-order valence-electron chi connectivity index (χ2n) is 30.9. The molecule has 35 heteroatoms. The number of aromatic nitrogens is 9. The Hall–Kier alpha value is -10.3. The average Bonchev–Trinajstić information content (AvgIpc) is 1.76. The minimum Gasteiger partial charge on any atom is -0.474 e. The van der Waals surface area contributed by atoms with Gasteiger partial charge in [0.1, 0.15) is 46.0 Å². The molecular formula is C88H110ClF9N13O10PS. The fourth-order valence-electron chi connectivity index (χ4n) is 13.5. The van der Waals surface area contributed by atoms with Gasteiger partial charge in [0.05, 0.1) is 67.0 Å². The summed E-state index contributed by atoms with van der Waals surface area (Å²) in [5.74, 6) is -0.182. The molecule has 0 spiro atoms. The maximum atomic E-state index is 12.6. The lowest BCUT2D eigenvalue weighted by Crippen LogP contribution is -2.41. The zero-order valence-corrected chi connectivity index (χ0v) is 72.5. The van der Waals surface area contributed by atoms with Gasteiger partial charge in [-0.3, -0.25) is 0 Å². The lowest BCUT2D eigenvalue weighted by molar-refractivity contribution is -0.275. The topological polar surface area (TPSA) is 260 Å². The zero-order valence-electron chi connectivity index (χ0n) is 69.8. The van der Waals surface area contributed by atoms with Gasteiger partial charge in [0.2, 0.25) is 5.88 Å². The molecule has 3 atom stereocenters. The second-order valence-corrected chi connectivity index (χ2v) is 34.0. The Labute approximate surface area is 724 Å². The molecule has 2 fully saturated rings. The first-order valence-corrected chi connectivity index (χ1v) is 41.8. The summed E-state index contributed by atoms with van der Waals surface area (Å²) < 4.78 is 144. The fraction of sp³-hybridized carbons (Fsp3) is 0.432. The van der Waals surface area contributed by atoms with E-state index < -0.39 is 42.5 Å². The van der Waals surface area contributed by atoms with Crippen LogP contribution >= 0.6 is 33.0 Å². The minimum atomic E-state index is -4.79. The van der Waals surface area contributed by atoms with Gasteiger partial charge < -0.3 is 59.5 Å². The number of aliphatic hydroxyl groups is 2. The fourth-order valence-corrected chi connectivity index (χ4v) is 17.6. The highest BCUT2D eigenvalue weighted by Crippen LogP contribution is 2.56. The summed E-state index contributed by atoms with van der Waals surface area (Å²) in [5.41, 5.74) is 9.53. The van der Waals surface area contributed by atoms with E-state index in [1.807, 2.05) is 20.8 Å². The number of hydrogen-bond donors (Lipinski definition) is 5. The molecule has 668 valence electrons. The molecule has 11 aromatic rings. The van der Waals surface area contributed by atoms with E-state index in [1.165, 1.54) is 168 Å². The largest absolute Gasteiger partial charge is 0.573 e. The summed E-state index contributed by atoms with van der Waals surface area (Å²) >= 11 is 5.82. The van der Waals surface area contributed by atoms with Crippen LogP contribution in [0.4, 0.5) is 60.6 Å². The number of para-hydroxylation sites is 1. The lowest BCUT2D eigenvalue weighted by atomic mass is 9.99. The van der Waals surface area contributed by atoms with E-state index >= 15 is 0 Å². The third-order valence-corrected chi connectivity index (χ3v) is 22.8. The number of ether oxygens (including phenoxy) is 6. The molecule has 2 aliphatic rings. The Balaban J connectivity index is 0.000000216. The normalized spacial score (nSPS) is 14.0. The number of carbonyl (C=O) groups excluding carboxylic acids is 2. The molecule has 123 heavy (non-hydrogen) atoms. The number of halogens is 10. The smallest absolute Gasteiger partial charge is 0.474 e. The highest BCUT2D eigenvalue weighted by molar-refractivity contribution is 7.67. The highest BCUT2D eigenvalue weighted by atomic mass is 35.5. The first kappa shape index (κ1) is 99.8. The Bertz CT molecular complexity index is 5110. The maximum Gasteiger partial charge on any atom is 0.573 e. The van der Waals surface area contributed by atoms with Gasteiger partial charge in [-0.15, -0.1) is 49.7 Å². The summed E-state index contributed by atoms with van der Waals surface area (Å²) in [7, 11) is 4.26. The number of hydrogen-bond acceptors (Lipinski definition) is 18. The number of nitrogens with one attached hydrogen (secondary N) is 3. The number of rotatable bonds is 23. The monoisotopic (exact) mass is 1780 g/mol. The Morgan fingerprint density at radius 2 is 0.902 bits per heavy atom. The van der Waals surface area contributed by atoms with Crippen molar-refractivity contribution >= 4 is 79.0 Å². The van der Waals surface area contributed by atoms with Crippen molar-refractivity contribution in [1.82, 2.24) is 54.4 Å². The number of benzene rings is 5. The summed E-state index contributed by atoms with van der Waals surface area (Å²) in [5, 5.41) is 41.3.